The fourth-order valence-electron chi connectivity index (χ4n) is 3.45. The van der Waals surface area contributed by atoms with E-state index in [9.17, 15) is 9.18 Å². The fraction of sp³-hybridized carbons (Fsp3) is 0.500. The maximum atomic E-state index is 14.6. The molecule has 0 bridgehead atoms. The first-order valence-electron chi connectivity index (χ1n) is 8.94. The molecule has 0 aliphatic carbocycles. The molecule has 26 heavy (non-hydrogen) atoms. The highest BCUT2D eigenvalue weighted by molar-refractivity contribution is 5.78. The smallest absolute Gasteiger partial charge is 0.265 e. The van der Waals surface area contributed by atoms with Crippen molar-refractivity contribution in [3.63, 3.8) is 0 Å². The summed E-state index contributed by atoms with van der Waals surface area (Å²) in [5.41, 5.74) is -0.448. The normalized spacial score (nSPS) is 23.4. The summed E-state index contributed by atoms with van der Waals surface area (Å²) in [5, 5.41) is 6.74. The van der Waals surface area contributed by atoms with E-state index in [4.69, 9.17) is 4.52 Å². The van der Waals surface area contributed by atoms with Crippen LogP contribution in [0.3, 0.4) is 0 Å². The third-order valence-corrected chi connectivity index (χ3v) is 5.02. The lowest BCUT2D eigenvalue weighted by atomic mass is 10.1. The molecule has 1 atom stereocenters. The summed E-state index contributed by atoms with van der Waals surface area (Å²) in [6.45, 7) is 3.62. The van der Waals surface area contributed by atoms with Gasteiger partial charge in [0.1, 0.15) is 0 Å². The van der Waals surface area contributed by atoms with Crippen LogP contribution in [0.1, 0.15) is 18.1 Å². The quantitative estimate of drug-likeness (QED) is 0.882. The van der Waals surface area contributed by atoms with E-state index in [0.29, 0.717) is 26.1 Å². The van der Waals surface area contributed by atoms with Crippen LogP contribution in [0.2, 0.25) is 0 Å². The Kier molecular flexibility index (Phi) is 4.58. The van der Waals surface area contributed by atoms with Gasteiger partial charge < -0.3 is 19.6 Å². The minimum Gasteiger partial charge on any atom is -0.368 e. The molecule has 1 aromatic heterocycles. The summed E-state index contributed by atoms with van der Waals surface area (Å²) < 4.78 is 19.7. The van der Waals surface area contributed by atoms with Gasteiger partial charge in [-0.1, -0.05) is 23.4 Å². The molecule has 7 nitrogen and oxygen atoms in total. The molecule has 1 amide bonds. The third kappa shape index (κ3) is 3.41. The monoisotopic (exact) mass is 359 g/mol. The van der Waals surface area contributed by atoms with Gasteiger partial charge >= 0.3 is 0 Å². The summed E-state index contributed by atoms with van der Waals surface area (Å²) in [6.07, 6.45) is 0.350. The van der Waals surface area contributed by atoms with Crippen molar-refractivity contribution in [1.82, 2.24) is 20.4 Å². The number of benzene rings is 1. The Morgan fingerprint density at radius 3 is 2.69 bits per heavy atom. The largest absolute Gasteiger partial charge is 0.368 e. The molecule has 4 rings (SSSR count). The Morgan fingerprint density at radius 1 is 1.23 bits per heavy atom. The van der Waals surface area contributed by atoms with Gasteiger partial charge in [-0.2, -0.15) is 4.98 Å². The number of halogens is 1. The second-order valence-electron chi connectivity index (χ2n) is 6.79. The highest BCUT2D eigenvalue weighted by Crippen LogP contribution is 2.30. The Morgan fingerprint density at radius 2 is 2.00 bits per heavy atom. The van der Waals surface area contributed by atoms with Crippen LogP contribution in [0.15, 0.2) is 34.9 Å². The number of hydrogen-bond donors (Lipinski definition) is 1. The second kappa shape index (κ2) is 7.03. The van der Waals surface area contributed by atoms with Crippen LogP contribution in [0.25, 0.3) is 0 Å². The van der Waals surface area contributed by atoms with Gasteiger partial charge in [0, 0.05) is 44.8 Å². The molecule has 8 heteroatoms. The Hall–Kier alpha value is -2.48. The van der Waals surface area contributed by atoms with Crippen molar-refractivity contribution in [2.45, 2.75) is 18.5 Å². The van der Waals surface area contributed by atoms with E-state index in [1.165, 1.54) is 5.69 Å². The number of carbonyl (C=O) groups is 1. The van der Waals surface area contributed by atoms with Gasteiger partial charge in [0.05, 0.1) is 6.42 Å². The summed E-state index contributed by atoms with van der Waals surface area (Å²) in [6, 6.07) is 10.2. The van der Waals surface area contributed by atoms with Crippen LogP contribution in [-0.4, -0.2) is 60.2 Å². The number of nitrogens with one attached hydrogen (secondary N) is 1. The zero-order chi connectivity index (χ0) is 18.0. The highest BCUT2D eigenvalue weighted by Gasteiger charge is 2.41. The molecule has 2 saturated heterocycles. The first-order chi connectivity index (χ1) is 12.6. The van der Waals surface area contributed by atoms with Crippen LogP contribution in [0, 0.1) is 0 Å². The molecule has 0 saturated carbocycles. The van der Waals surface area contributed by atoms with Crippen molar-refractivity contribution in [1.29, 1.82) is 0 Å². The Bertz CT molecular complexity index is 752. The average molecular weight is 359 g/mol. The van der Waals surface area contributed by atoms with E-state index in [0.717, 1.165) is 13.1 Å². The number of para-hydroxylation sites is 1. The molecule has 2 aliphatic rings. The van der Waals surface area contributed by atoms with Crippen molar-refractivity contribution in [2.75, 3.05) is 44.2 Å². The maximum Gasteiger partial charge on any atom is 0.265 e. The zero-order valence-electron chi connectivity index (χ0n) is 14.5. The molecule has 0 spiro atoms. The van der Waals surface area contributed by atoms with Crippen molar-refractivity contribution in [3.8, 4) is 0 Å². The van der Waals surface area contributed by atoms with Gasteiger partial charge in [0.25, 0.3) is 5.89 Å². The zero-order valence-corrected chi connectivity index (χ0v) is 14.5. The molecule has 0 radical (unpaired) electrons. The lowest BCUT2D eigenvalue weighted by Gasteiger charge is -2.36. The first kappa shape index (κ1) is 17.0. The predicted octanol–water partition coefficient (Wildman–Crippen LogP) is 1.12. The number of aromatic nitrogens is 2. The van der Waals surface area contributed by atoms with E-state index in [-0.39, 0.29) is 30.6 Å². The summed E-state index contributed by atoms with van der Waals surface area (Å²) >= 11 is 0. The molecule has 2 fully saturated rings. The molecule has 1 unspecified atom stereocenters. The van der Waals surface area contributed by atoms with Gasteiger partial charge in [-0.05, 0) is 18.7 Å². The number of alkyl halides is 1. The second-order valence-corrected chi connectivity index (χ2v) is 6.79. The number of amides is 1. The van der Waals surface area contributed by atoms with E-state index < -0.39 is 5.67 Å². The number of carbonyl (C=O) groups excluding carboxylic acids is 1. The maximum absolute atomic E-state index is 14.6. The molecule has 138 valence electrons. The Labute approximate surface area is 151 Å². The fourth-order valence-corrected chi connectivity index (χ4v) is 3.45. The van der Waals surface area contributed by atoms with Crippen LogP contribution < -0.4 is 10.2 Å². The van der Waals surface area contributed by atoms with E-state index in [2.05, 4.69) is 32.5 Å². The van der Waals surface area contributed by atoms with Crippen LogP contribution >= 0.6 is 0 Å². The number of nitrogens with zero attached hydrogens (tertiary/aromatic N) is 4. The van der Waals surface area contributed by atoms with Crippen LogP contribution in [0.4, 0.5) is 10.1 Å². The highest BCUT2D eigenvalue weighted by atomic mass is 19.1. The minimum absolute atomic E-state index is 0.0285. The van der Waals surface area contributed by atoms with E-state index in [1.807, 2.05) is 18.2 Å². The van der Waals surface area contributed by atoms with Crippen LogP contribution in [0.5, 0.6) is 0 Å². The molecule has 3 heterocycles. The van der Waals surface area contributed by atoms with E-state index in [1.54, 1.807) is 4.90 Å². The van der Waals surface area contributed by atoms with Crippen molar-refractivity contribution in [3.05, 3.63) is 42.0 Å². The Balaban J connectivity index is 1.33. The molecule has 2 aliphatic heterocycles. The summed E-state index contributed by atoms with van der Waals surface area (Å²) in [5.74, 6) is 0.168. The minimum atomic E-state index is -1.62. The van der Waals surface area contributed by atoms with Crippen molar-refractivity contribution in [2.24, 2.45) is 0 Å². The summed E-state index contributed by atoms with van der Waals surface area (Å²) in [4.78, 5) is 20.7. The lowest BCUT2D eigenvalue weighted by Crippen LogP contribution is -2.49. The van der Waals surface area contributed by atoms with Crippen LogP contribution in [-0.2, 0) is 16.9 Å². The van der Waals surface area contributed by atoms with Gasteiger partial charge in [-0.3, -0.25) is 4.79 Å². The van der Waals surface area contributed by atoms with E-state index >= 15 is 0 Å². The summed E-state index contributed by atoms with van der Waals surface area (Å²) in [7, 11) is 0. The molecule has 2 aromatic rings. The number of piperazine rings is 1. The van der Waals surface area contributed by atoms with Gasteiger partial charge in [0.15, 0.2) is 5.82 Å². The van der Waals surface area contributed by atoms with Crippen molar-refractivity contribution >= 4 is 11.6 Å². The van der Waals surface area contributed by atoms with Gasteiger partial charge in [0.2, 0.25) is 11.6 Å². The topological polar surface area (TPSA) is 74.5 Å². The molecular weight excluding hydrogens is 337 g/mol. The van der Waals surface area contributed by atoms with Gasteiger partial charge in [-0.25, -0.2) is 4.39 Å². The molecule has 1 aromatic carbocycles. The average Bonchev–Trinajstić information content (AvgIpc) is 3.33. The number of rotatable bonds is 4. The van der Waals surface area contributed by atoms with Crippen molar-refractivity contribution < 1.29 is 13.7 Å². The van der Waals surface area contributed by atoms with Gasteiger partial charge in [-0.15, -0.1) is 0 Å². The predicted molar refractivity (Wildman–Crippen MR) is 93.5 cm³/mol. The standard InChI is InChI=1S/C18H22FN5O2/c19-18(6-7-20-13-18)17-21-15(22-26-17)12-16(25)24-10-8-23(9-11-24)14-4-2-1-3-5-14/h1-5,20H,6-13H2. The number of hydrogen-bond acceptors (Lipinski definition) is 6. The number of anilines is 1. The lowest BCUT2D eigenvalue weighted by molar-refractivity contribution is -0.130. The molecule has 1 N–H and O–H groups in total. The molecular formula is C18H22FN5O2. The SMILES string of the molecule is O=C(Cc1noc(C2(F)CCNC2)n1)N1CCN(c2ccccc2)CC1. The first-order valence-corrected chi connectivity index (χ1v) is 8.94. The third-order valence-electron chi connectivity index (χ3n) is 5.02.